The fourth-order valence-electron chi connectivity index (χ4n) is 2.77. The van der Waals surface area contributed by atoms with E-state index in [9.17, 15) is 0 Å². The molecule has 16 heavy (non-hydrogen) atoms. The second kappa shape index (κ2) is 7.00. The van der Waals surface area contributed by atoms with Crippen molar-refractivity contribution in [1.82, 2.24) is 4.90 Å². The minimum absolute atomic E-state index is 0.573. The molecule has 0 spiro atoms. The maximum Gasteiger partial charge on any atom is 0.0100 e. The number of nitrogens with zero attached hydrogens (tertiary/aromatic N) is 1. The molecule has 0 aromatic rings. The molecule has 0 aromatic carbocycles. The van der Waals surface area contributed by atoms with Crippen molar-refractivity contribution in [1.29, 1.82) is 0 Å². The Hall–Kier alpha value is 0.440. The third kappa shape index (κ3) is 4.75. The van der Waals surface area contributed by atoms with Crippen molar-refractivity contribution in [3.63, 3.8) is 0 Å². The van der Waals surface area contributed by atoms with Gasteiger partial charge in [0.1, 0.15) is 0 Å². The van der Waals surface area contributed by atoms with E-state index in [0.29, 0.717) is 5.41 Å². The van der Waals surface area contributed by atoms with E-state index in [-0.39, 0.29) is 0 Å². The van der Waals surface area contributed by atoms with Crippen molar-refractivity contribution >= 4 is 15.9 Å². The molecule has 0 radical (unpaired) electrons. The monoisotopic (exact) mass is 289 g/mol. The fraction of sp³-hybridized carbons (Fsp3) is 1.00. The van der Waals surface area contributed by atoms with Gasteiger partial charge in [-0.1, -0.05) is 49.0 Å². The van der Waals surface area contributed by atoms with Crippen molar-refractivity contribution in [3.8, 4) is 0 Å². The third-order valence-electron chi connectivity index (χ3n) is 3.89. The van der Waals surface area contributed by atoms with Gasteiger partial charge in [0.15, 0.2) is 0 Å². The van der Waals surface area contributed by atoms with Gasteiger partial charge in [-0.2, -0.15) is 0 Å². The van der Waals surface area contributed by atoms with Crippen LogP contribution >= 0.6 is 15.9 Å². The lowest BCUT2D eigenvalue weighted by Gasteiger charge is -2.39. The SMILES string of the molecule is CC(C)CCN(C)CC1(CBr)CCCCC1. The zero-order valence-electron chi connectivity index (χ0n) is 11.3. The fourth-order valence-corrected chi connectivity index (χ4v) is 3.50. The van der Waals surface area contributed by atoms with E-state index in [1.54, 1.807) is 0 Å². The molecule has 1 nitrogen and oxygen atoms in total. The maximum atomic E-state index is 3.75. The largest absolute Gasteiger partial charge is 0.306 e. The van der Waals surface area contributed by atoms with Crippen molar-refractivity contribution < 1.29 is 0 Å². The van der Waals surface area contributed by atoms with E-state index in [1.807, 2.05) is 0 Å². The first-order valence-electron chi connectivity index (χ1n) is 6.82. The first-order chi connectivity index (χ1) is 7.58. The van der Waals surface area contributed by atoms with Crippen LogP contribution < -0.4 is 0 Å². The minimum atomic E-state index is 0.573. The Bertz CT molecular complexity index is 185. The highest BCUT2D eigenvalue weighted by atomic mass is 79.9. The highest BCUT2D eigenvalue weighted by Crippen LogP contribution is 2.38. The molecule has 1 aliphatic carbocycles. The van der Waals surface area contributed by atoms with Gasteiger partial charge in [-0.05, 0) is 44.2 Å². The number of halogens is 1. The van der Waals surface area contributed by atoms with Crippen molar-refractivity contribution in [2.45, 2.75) is 52.4 Å². The van der Waals surface area contributed by atoms with Crippen LogP contribution in [0.2, 0.25) is 0 Å². The van der Waals surface area contributed by atoms with E-state index in [4.69, 9.17) is 0 Å². The minimum Gasteiger partial charge on any atom is -0.306 e. The summed E-state index contributed by atoms with van der Waals surface area (Å²) in [7, 11) is 2.29. The molecule has 0 aliphatic heterocycles. The Kier molecular flexibility index (Phi) is 6.35. The molecule has 0 unspecified atom stereocenters. The van der Waals surface area contributed by atoms with Crippen molar-refractivity contribution in [2.24, 2.45) is 11.3 Å². The van der Waals surface area contributed by atoms with E-state index in [2.05, 4.69) is 41.7 Å². The highest BCUT2D eigenvalue weighted by Gasteiger charge is 2.31. The van der Waals surface area contributed by atoms with Gasteiger partial charge in [-0.25, -0.2) is 0 Å². The lowest BCUT2D eigenvalue weighted by molar-refractivity contribution is 0.142. The Labute approximate surface area is 110 Å². The predicted molar refractivity (Wildman–Crippen MR) is 76.3 cm³/mol. The van der Waals surface area contributed by atoms with Gasteiger partial charge in [0.25, 0.3) is 0 Å². The van der Waals surface area contributed by atoms with E-state index >= 15 is 0 Å². The first-order valence-corrected chi connectivity index (χ1v) is 7.95. The lowest BCUT2D eigenvalue weighted by Crippen LogP contribution is -2.39. The summed E-state index contributed by atoms with van der Waals surface area (Å²) in [6.07, 6.45) is 8.49. The van der Waals surface area contributed by atoms with E-state index in [1.165, 1.54) is 56.9 Å². The Balaban J connectivity index is 2.36. The number of rotatable bonds is 6. The normalized spacial score (nSPS) is 20.6. The van der Waals surface area contributed by atoms with Gasteiger partial charge in [0.2, 0.25) is 0 Å². The molecule has 0 heterocycles. The van der Waals surface area contributed by atoms with Gasteiger partial charge in [-0.15, -0.1) is 0 Å². The summed E-state index contributed by atoms with van der Waals surface area (Å²) in [5.41, 5.74) is 0.573. The number of alkyl halides is 1. The van der Waals surface area contributed by atoms with Gasteiger partial charge < -0.3 is 4.90 Å². The van der Waals surface area contributed by atoms with E-state index < -0.39 is 0 Å². The van der Waals surface area contributed by atoms with Gasteiger partial charge in [-0.3, -0.25) is 0 Å². The van der Waals surface area contributed by atoms with Crippen LogP contribution in [0.3, 0.4) is 0 Å². The average Bonchev–Trinajstić information content (AvgIpc) is 2.28. The average molecular weight is 290 g/mol. The zero-order chi connectivity index (χ0) is 12.0. The summed E-state index contributed by atoms with van der Waals surface area (Å²) >= 11 is 3.75. The Morgan fingerprint density at radius 1 is 1.19 bits per heavy atom. The van der Waals surface area contributed by atoms with Crippen LogP contribution in [0.15, 0.2) is 0 Å². The molecule has 2 heteroatoms. The quantitative estimate of drug-likeness (QED) is 0.659. The molecule has 0 amide bonds. The Morgan fingerprint density at radius 2 is 1.81 bits per heavy atom. The van der Waals surface area contributed by atoms with Crippen molar-refractivity contribution in [2.75, 3.05) is 25.5 Å². The van der Waals surface area contributed by atoms with E-state index in [0.717, 1.165) is 5.92 Å². The number of hydrogen-bond donors (Lipinski definition) is 0. The van der Waals surface area contributed by atoms with Gasteiger partial charge in [0.05, 0.1) is 0 Å². The summed E-state index contributed by atoms with van der Waals surface area (Å²) in [6, 6.07) is 0. The van der Waals surface area contributed by atoms with Crippen LogP contribution in [0.25, 0.3) is 0 Å². The van der Waals surface area contributed by atoms with Crippen LogP contribution in [0.1, 0.15) is 52.4 Å². The van der Waals surface area contributed by atoms with Gasteiger partial charge in [0, 0.05) is 11.9 Å². The molecule has 0 aromatic heterocycles. The summed E-state index contributed by atoms with van der Waals surface area (Å²) in [5, 5.41) is 1.19. The second-order valence-electron chi connectivity index (χ2n) is 6.11. The molecular formula is C14H28BrN. The summed E-state index contributed by atoms with van der Waals surface area (Å²) < 4.78 is 0. The maximum absolute atomic E-state index is 3.75. The molecule has 1 saturated carbocycles. The van der Waals surface area contributed by atoms with Crippen LogP contribution in [0, 0.1) is 11.3 Å². The summed E-state index contributed by atoms with van der Waals surface area (Å²) in [4.78, 5) is 2.55. The van der Waals surface area contributed by atoms with Crippen molar-refractivity contribution in [3.05, 3.63) is 0 Å². The topological polar surface area (TPSA) is 3.24 Å². The molecule has 96 valence electrons. The zero-order valence-corrected chi connectivity index (χ0v) is 12.9. The highest BCUT2D eigenvalue weighted by molar-refractivity contribution is 9.09. The molecular weight excluding hydrogens is 262 g/mol. The predicted octanol–water partition coefficient (Wildman–Crippen LogP) is 4.31. The summed E-state index contributed by atoms with van der Waals surface area (Å²) in [5.74, 6) is 0.828. The molecule has 1 fully saturated rings. The standard InChI is InChI=1S/C14H28BrN/c1-13(2)7-10-16(3)12-14(11-15)8-5-4-6-9-14/h13H,4-12H2,1-3H3. The molecule has 1 aliphatic rings. The van der Waals surface area contributed by atoms with Crippen LogP contribution in [0.4, 0.5) is 0 Å². The molecule has 0 bridgehead atoms. The Morgan fingerprint density at radius 3 is 2.31 bits per heavy atom. The summed E-state index contributed by atoms with van der Waals surface area (Å²) in [6.45, 7) is 7.17. The molecule has 0 atom stereocenters. The molecule has 1 rings (SSSR count). The smallest absolute Gasteiger partial charge is 0.0100 e. The molecule has 0 N–H and O–H groups in total. The lowest BCUT2D eigenvalue weighted by atomic mass is 9.75. The first kappa shape index (κ1) is 14.5. The van der Waals surface area contributed by atoms with Gasteiger partial charge >= 0.3 is 0 Å². The van der Waals surface area contributed by atoms with Crippen LogP contribution in [-0.4, -0.2) is 30.4 Å². The molecule has 0 saturated heterocycles. The number of hydrogen-bond acceptors (Lipinski definition) is 1. The third-order valence-corrected chi connectivity index (χ3v) is 5.08. The van der Waals surface area contributed by atoms with Crippen LogP contribution in [0.5, 0.6) is 0 Å². The van der Waals surface area contributed by atoms with Crippen LogP contribution in [-0.2, 0) is 0 Å². The second-order valence-corrected chi connectivity index (χ2v) is 6.68.